The minimum atomic E-state index is -1.22. The van der Waals surface area contributed by atoms with Gasteiger partial charge in [0.1, 0.15) is 0 Å². The molecule has 16 heavy (non-hydrogen) atoms. The third kappa shape index (κ3) is 1.40. The number of aromatic amines is 1. The van der Waals surface area contributed by atoms with Gasteiger partial charge in [0.2, 0.25) is 5.88 Å². The minimum absolute atomic E-state index is 0.115. The second-order valence-corrected chi connectivity index (χ2v) is 3.53. The highest BCUT2D eigenvalue weighted by Gasteiger charge is 2.18. The van der Waals surface area contributed by atoms with Crippen molar-refractivity contribution in [3.63, 3.8) is 0 Å². The van der Waals surface area contributed by atoms with Crippen molar-refractivity contribution in [3.05, 3.63) is 27.6 Å². The number of rotatable bonds is 2. The Morgan fingerprint density at radius 2 is 2.12 bits per heavy atom. The summed E-state index contributed by atoms with van der Waals surface area (Å²) in [6.07, 6.45) is 0. The van der Waals surface area contributed by atoms with E-state index in [9.17, 15) is 14.8 Å². The summed E-state index contributed by atoms with van der Waals surface area (Å²) in [7, 11) is 0. The second kappa shape index (κ2) is 3.49. The normalized spacial score (nSPS) is 10.6. The van der Waals surface area contributed by atoms with Gasteiger partial charge in [0.15, 0.2) is 5.69 Å². The molecule has 3 N–H and O–H groups in total. The van der Waals surface area contributed by atoms with Crippen molar-refractivity contribution < 1.29 is 15.0 Å². The molecule has 0 spiro atoms. The Bertz CT molecular complexity index is 605. The fourth-order valence-corrected chi connectivity index (χ4v) is 1.71. The molecule has 0 aliphatic rings. The first kappa shape index (κ1) is 10.4. The summed E-state index contributed by atoms with van der Waals surface area (Å²) in [5.41, 5.74) is -0.267. The quantitative estimate of drug-likeness (QED) is 0.702. The molecule has 0 unspecified atom stereocenters. The molecule has 7 heteroatoms. The van der Waals surface area contributed by atoms with Crippen molar-refractivity contribution >= 4 is 34.2 Å². The summed E-state index contributed by atoms with van der Waals surface area (Å²) in [4.78, 5) is 23.8. The van der Waals surface area contributed by atoms with Crippen LogP contribution in [0.2, 0.25) is 5.02 Å². The Morgan fingerprint density at radius 3 is 2.69 bits per heavy atom. The first-order chi connectivity index (χ1) is 7.54. The molecule has 0 radical (unpaired) electrons. The van der Waals surface area contributed by atoms with Gasteiger partial charge < -0.3 is 15.2 Å². The fraction of sp³-hybridized carbons (Fsp3) is 0. The lowest BCUT2D eigenvalue weighted by Gasteiger charge is -1.98. The van der Waals surface area contributed by atoms with Crippen LogP contribution in [0.5, 0.6) is 5.88 Å². The fourth-order valence-electron chi connectivity index (χ4n) is 1.49. The Morgan fingerprint density at radius 1 is 1.44 bits per heavy atom. The van der Waals surface area contributed by atoms with E-state index in [4.69, 9.17) is 16.7 Å². The Labute approximate surface area is 93.4 Å². The molecule has 6 nitrogen and oxygen atoms in total. The van der Waals surface area contributed by atoms with E-state index >= 15 is 0 Å². The maximum absolute atomic E-state index is 10.9. The van der Waals surface area contributed by atoms with Crippen molar-refractivity contribution in [2.24, 2.45) is 5.18 Å². The number of aromatic nitrogens is 1. The van der Waals surface area contributed by atoms with E-state index in [0.29, 0.717) is 0 Å². The smallest absolute Gasteiger partial charge is 0.337 e. The first-order valence-corrected chi connectivity index (χ1v) is 4.53. The number of fused-ring (bicyclic) bond motifs is 1. The van der Waals surface area contributed by atoms with E-state index in [2.05, 4.69) is 10.2 Å². The third-order valence-corrected chi connectivity index (χ3v) is 2.37. The van der Waals surface area contributed by atoms with Crippen molar-refractivity contribution in [2.45, 2.75) is 0 Å². The zero-order valence-electron chi connectivity index (χ0n) is 7.69. The van der Waals surface area contributed by atoms with Gasteiger partial charge in [-0.25, -0.2) is 4.79 Å². The van der Waals surface area contributed by atoms with E-state index in [0.717, 1.165) is 0 Å². The molecule has 0 saturated heterocycles. The molecule has 0 atom stereocenters. The average molecular weight is 241 g/mol. The van der Waals surface area contributed by atoms with Crippen molar-refractivity contribution in [2.75, 3.05) is 0 Å². The number of nitrogens with zero attached hydrogens (tertiary/aromatic N) is 1. The lowest BCUT2D eigenvalue weighted by atomic mass is 10.1. The molecule has 1 aromatic heterocycles. The zero-order valence-corrected chi connectivity index (χ0v) is 8.45. The number of carbonyl (C=O) groups is 1. The number of aromatic hydroxyl groups is 1. The number of aromatic carboxylic acids is 1. The van der Waals surface area contributed by atoms with Crippen LogP contribution in [0.15, 0.2) is 17.3 Å². The molecule has 0 aliphatic carbocycles. The molecule has 82 valence electrons. The Hall–Kier alpha value is -2.08. The molecule has 0 fully saturated rings. The highest BCUT2D eigenvalue weighted by Crippen LogP contribution is 2.38. The number of halogens is 1. The van der Waals surface area contributed by atoms with Gasteiger partial charge in [-0.1, -0.05) is 11.6 Å². The Balaban J connectivity index is 2.94. The molecule has 2 rings (SSSR count). The van der Waals surface area contributed by atoms with Crippen molar-refractivity contribution in [3.8, 4) is 5.88 Å². The first-order valence-electron chi connectivity index (χ1n) is 4.15. The number of nitroso groups, excluding NO2 is 1. The highest BCUT2D eigenvalue weighted by atomic mass is 35.5. The van der Waals surface area contributed by atoms with Crippen LogP contribution in [0.3, 0.4) is 0 Å². The van der Waals surface area contributed by atoms with Crippen LogP contribution in [-0.4, -0.2) is 21.2 Å². The van der Waals surface area contributed by atoms with E-state index < -0.39 is 11.8 Å². The van der Waals surface area contributed by atoms with Crippen molar-refractivity contribution in [1.29, 1.82) is 0 Å². The minimum Gasteiger partial charge on any atom is -0.493 e. The molecule has 1 heterocycles. The Kier molecular flexibility index (Phi) is 2.28. The molecular weight excluding hydrogens is 236 g/mol. The van der Waals surface area contributed by atoms with Crippen LogP contribution in [0.1, 0.15) is 10.4 Å². The topological polar surface area (TPSA) is 103 Å². The number of hydrogen-bond donors (Lipinski definition) is 3. The van der Waals surface area contributed by atoms with Gasteiger partial charge in [-0.2, -0.15) is 0 Å². The van der Waals surface area contributed by atoms with Gasteiger partial charge >= 0.3 is 5.97 Å². The standard InChI is InChI=1S/C9H5ClN2O4/c10-3-1-4-6(5(2-3)9(14)15)11-8(13)7(4)12-16/h1-2,11,13H,(H,14,15). The molecule has 0 bridgehead atoms. The largest absolute Gasteiger partial charge is 0.493 e. The molecule has 0 aliphatic heterocycles. The van der Waals surface area contributed by atoms with Gasteiger partial charge in [-0.3, -0.25) is 0 Å². The number of H-pyrrole nitrogens is 1. The van der Waals surface area contributed by atoms with Crippen LogP contribution in [0.25, 0.3) is 10.9 Å². The summed E-state index contributed by atoms with van der Waals surface area (Å²) in [6, 6.07) is 2.58. The third-order valence-electron chi connectivity index (χ3n) is 2.15. The SMILES string of the molecule is O=Nc1c(O)[nH]c2c(C(=O)O)cc(Cl)cc12. The van der Waals surface area contributed by atoms with Gasteiger partial charge in [0, 0.05) is 10.4 Å². The molecule has 1 aromatic carbocycles. The highest BCUT2D eigenvalue weighted by molar-refractivity contribution is 6.32. The van der Waals surface area contributed by atoms with Crippen LogP contribution in [0, 0.1) is 4.91 Å². The van der Waals surface area contributed by atoms with E-state index in [1.54, 1.807) is 0 Å². The number of nitrogens with one attached hydrogen (secondary N) is 1. The maximum Gasteiger partial charge on any atom is 0.337 e. The van der Waals surface area contributed by atoms with Crippen LogP contribution in [-0.2, 0) is 0 Å². The van der Waals surface area contributed by atoms with Crippen molar-refractivity contribution in [1.82, 2.24) is 4.98 Å². The number of carboxylic acids is 1. The summed E-state index contributed by atoms with van der Waals surface area (Å²) >= 11 is 5.70. The molecular formula is C9H5ClN2O4. The summed E-state index contributed by atoms with van der Waals surface area (Å²) in [5, 5.41) is 21.2. The van der Waals surface area contributed by atoms with Gasteiger partial charge in [-0.05, 0) is 17.3 Å². The van der Waals surface area contributed by atoms with Gasteiger partial charge in [0.25, 0.3) is 0 Å². The zero-order chi connectivity index (χ0) is 11.9. The second-order valence-electron chi connectivity index (χ2n) is 3.09. The summed E-state index contributed by atoms with van der Waals surface area (Å²) in [5.74, 6) is -1.69. The number of benzene rings is 1. The monoisotopic (exact) mass is 240 g/mol. The lowest BCUT2D eigenvalue weighted by Crippen LogP contribution is -1.97. The molecule has 0 saturated carbocycles. The predicted molar refractivity (Wildman–Crippen MR) is 57.4 cm³/mol. The van der Waals surface area contributed by atoms with Crippen LogP contribution in [0.4, 0.5) is 5.69 Å². The van der Waals surface area contributed by atoms with E-state index in [1.165, 1.54) is 12.1 Å². The maximum atomic E-state index is 10.9. The molecule has 2 aromatic rings. The average Bonchev–Trinajstić information content (AvgIpc) is 2.52. The predicted octanol–water partition coefficient (Wildman–Crippen LogP) is 2.62. The van der Waals surface area contributed by atoms with Crippen LogP contribution < -0.4 is 0 Å². The lowest BCUT2D eigenvalue weighted by molar-refractivity contribution is 0.0699. The van der Waals surface area contributed by atoms with E-state index in [-0.39, 0.29) is 27.2 Å². The van der Waals surface area contributed by atoms with Gasteiger partial charge in [-0.15, -0.1) is 4.91 Å². The van der Waals surface area contributed by atoms with Gasteiger partial charge in [0.05, 0.1) is 11.1 Å². The molecule has 0 amide bonds. The number of carboxylic acid groups (broad SMARTS) is 1. The summed E-state index contributed by atoms with van der Waals surface area (Å²) in [6.45, 7) is 0. The van der Waals surface area contributed by atoms with Crippen LogP contribution >= 0.6 is 11.6 Å². The summed E-state index contributed by atoms with van der Waals surface area (Å²) < 4.78 is 0. The van der Waals surface area contributed by atoms with E-state index in [1.807, 2.05) is 0 Å². The number of hydrogen-bond acceptors (Lipinski definition) is 4.